The molecule has 1 heterocycles. The van der Waals surface area contributed by atoms with Crippen molar-refractivity contribution < 1.29 is 14.3 Å². The van der Waals surface area contributed by atoms with Crippen LogP contribution in [0.5, 0.6) is 0 Å². The fraction of sp³-hybridized carbons (Fsp3) is 0.312. The summed E-state index contributed by atoms with van der Waals surface area (Å²) in [4.78, 5) is 27.9. The van der Waals surface area contributed by atoms with Crippen LogP contribution in [0, 0.1) is 0 Å². The van der Waals surface area contributed by atoms with Crippen LogP contribution in [-0.4, -0.2) is 24.0 Å². The maximum atomic E-state index is 12.2. The molecule has 0 saturated carbocycles. The number of hydrogen-bond acceptors (Lipinski definition) is 5. The van der Waals surface area contributed by atoms with Crippen LogP contribution in [0.15, 0.2) is 29.6 Å². The third-order valence-electron chi connectivity index (χ3n) is 3.06. The molecule has 0 spiro atoms. The SMILES string of the molecule is COC(=O)c1ccc(C(=O)Nc2nc(C(C)(C)C)cs2)cc1. The predicted octanol–water partition coefficient (Wildman–Crippen LogP) is 3.48. The summed E-state index contributed by atoms with van der Waals surface area (Å²) in [5, 5.41) is 5.27. The molecule has 1 aromatic carbocycles. The molecule has 0 radical (unpaired) electrons. The zero-order valence-electron chi connectivity index (χ0n) is 13.0. The highest BCUT2D eigenvalue weighted by Crippen LogP contribution is 2.26. The molecule has 0 aliphatic carbocycles. The minimum absolute atomic E-state index is 0.0539. The van der Waals surface area contributed by atoms with Crippen LogP contribution in [0.25, 0.3) is 0 Å². The highest BCUT2D eigenvalue weighted by Gasteiger charge is 2.18. The number of thiazole rings is 1. The van der Waals surface area contributed by atoms with Gasteiger partial charge in [0, 0.05) is 16.4 Å². The molecule has 0 bridgehead atoms. The van der Waals surface area contributed by atoms with Gasteiger partial charge in [0.1, 0.15) is 0 Å². The molecule has 116 valence electrons. The average molecular weight is 318 g/mol. The van der Waals surface area contributed by atoms with Crippen molar-refractivity contribution in [1.82, 2.24) is 4.98 Å². The Kier molecular flexibility index (Phi) is 4.61. The van der Waals surface area contributed by atoms with Crippen molar-refractivity contribution in [2.75, 3.05) is 12.4 Å². The number of amides is 1. The highest BCUT2D eigenvalue weighted by molar-refractivity contribution is 7.14. The number of benzene rings is 1. The molecular formula is C16H18N2O3S. The largest absolute Gasteiger partial charge is 0.465 e. The van der Waals surface area contributed by atoms with E-state index in [0.717, 1.165) is 5.69 Å². The van der Waals surface area contributed by atoms with Crippen molar-refractivity contribution >= 4 is 28.3 Å². The van der Waals surface area contributed by atoms with E-state index >= 15 is 0 Å². The maximum Gasteiger partial charge on any atom is 0.337 e. The topological polar surface area (TPSA) is 68.3 Å². The summed E-state index contributed by atoms with van der Waals surface area (Å²) in [6.45, 7) is 6.21. The molecule has 0 saturated heterocycles. The highest BCUT2D eigenvalue weighted by atomic mass is 32.1. The normalized spacial score (nSPS) is 11.1. The number of esters is 1. The minimum Gasteiger partial charge on any atom is -0.465 e. The van der Waals surface area contributed by atoms with Gasteiger partial charge in [0.05, 0.1) is 18.4 Å². The van der Waals surface area contributed by atoms with E-state index in [1.54, 1.807) is 24.3 Å². The number of carbonyl (C=O) groups excluding carboxylic acids is 2. The molecule has 2 rings (SSSR count). The Labute approximate surface area is 133 Å². The van der Waals surface area contributed by atoms with Gasteiger partial charge < -0.3 is 4.74 Å². The van der Waals surface area contributed by atoms with Crippen molar-refractivity contribution in [1.29, 1.82) is 0 Å². The summed E-state index contributed by atoms with van der Waals surface area (Å²) < 4.78 is 4.62. The zero-order chi connectivity index (χ0) is 16.3. The maximum absolute atomic E-state index is 12.2. The fourth-order valence-electron chi connectivity index (χ4n) is 1.72. The second kappa shape index (κ2) is 6.27. The molecule has 1 aromatic heterocycles. The molecule has 1 amide bonds. The molecule has 0 aliphatic heterocycles. The Morgan fingerprint density at radius 1 is 1.14 bits per heavy atom. The molecule has 2 aromatic rings. The third kappa shape index (κ3) is 3.71. The zero-order valence-corrected chi connectivity index (χ0v) is 13.8. The summed E-state index contributed by atoms with van der Waals surface area (Å²) in [6.07, 6.45) is 0. The van der Waals surface area contributed by atoms with Gasteiger partial charge in [-0.1, -0.05) is 20.8 Å². The van der Waals surface area contributed by atoms with Crippen LogP contribution < -0.4 is 5.32 Å². The summed E-state index contributed by atoms with van der Waals surface area (Å²) in [5.41, 5.74) is 1.75. The van der Waals surface area contributed by atoms with E-state index < -0.39 is 5.97 Å². The van der Waals surface area contributed by atoms with Gasteiger partial charge in [0.25, 0.3) is 5.91 Å². The van der Waals surface area contributed by atoms with Crippen LogP contribution in [-0.2, 0) is 10.2 Å². The molecule has 22 heavy (non-hydrogen) atoms. The Bertz CT molecular complexity index is 684. The molecule has 5 nitrogen and oxygen atoms in total. The first-order valence-corrected chi connectivity index (χ1v) is 7.65. The summed E-state index contributed by atoms with van der Waals surface area (Å²) >= 11 is 1.39. The molecule has 0 atom stereocenters. The van der Waals surface area contributed by atoms with Crippen molar-refractivity contribution in [2.45, 2.75) is 26.2 Å². The summed E-state index contributed by atoms with van der Waals surface area (Å²) in [5.74, 6) is -0.687. The Balaban J connectivity index is 2.09. The van der Waals surface area contributed by atoms with Gasteiger partial charge >= 0.3 is 5.97 Å². The Morgan fingerprint density at radius 3 is 2.23 bits per heavy atom. The van der Waals surface area contributed by atoms with Gasteiger partial charge in [-0.05, 0) is 24.3 Å². The standard InChI is InChI=1S/C16H18N2O3S/c1-16(2,3)12-9-22-15(17-12)18-13(19)10-5-7-11(8-6-10)14(20)21-4/h5-9H,1-4H3,(H,17,18,19). The van der Waals surface area contributed by atoms with E-state index in [0.29, 0.717) is 16.3 Å². The first-order valence-electron chi connectivity index (χ1n) is 6.77. The number of ether oxygens (including phenoxy) is 1. The number of hydrogen-bond donors (Lipinski definition) is 1. The average Bonchev–Trinajstić information content (AvgIpc) is 2.95. The number of carbonyl (C=O) groups is 2. The van der Waals surface area contributed by atoms with Crippen LogP contribution in [0.4, 0.5) is 5.13 Å². The lowest BCUT2D eigenvalue weighted by molar-refractivity contribution is 0.0600. The monoisotopic (exact) mass is 318 g/mol. The molecular weight excluding hydrogens is 300 g/mol. The van der Waals surface area contributed by atoms with Gasteiger partial charge in [-0.25, -0.2) is 9.78 Å². The van der Waals surface area contributed by atoms with Crippen molar-refractivity contribution in [3.05, 3.63) is 46.5 Å². The molecule has 1 N–H and O–H groups in total. The van der Waals surface area contributed by atoms with Gasteiger partial charge in [-0.3, -0.25) is 10.1 Å². The number of nitrogens with one attached hydrogen (secondary N) is 1. The molecule has 6 heteroatoms. The number of anilines is 1. The van der Waals surface area contributed by atoms with Crippen LogP contribution >= 0.6 is 11.3 Å². The lowest BCUT2D eigenvalue weighted by Gasteiger charge is -2.14. The summed E-state index contributed by atoms with van der Waals surface area (Å²) in [6, 6.07) is 6.28. The number of methoxy groups -OCH3 is 1. The molecule has 0 fully saturated rings. The minimum atomic E-state index is -0.429. The van der Waals surface area contributed by atoms with Gasteiger partial charge in [-0.2, -0.15) is 0 Å². The van der Waals surface area contributed by atoms with Gasteiger partial charge in [0.2, 0.25) is 0 Å². The number of rotatable bonds is 3. The van der Waals surface area contributed by atoms with E-state index in [-0.39, 0.29) is 11.3 Å². The van der Waals surface area contributed by atoms with E-state index in [9.17, 15) is 9.59 Å². The van der Waals surface area contributed by atoms with E-state index in [1.807, 2.05) is 5.38 Å². The summed E-state index contributed by atoms with van der Waals surface area (Å²) in [7, 11) is 1.32. The molecule has 0 aliphatic rings. The van der Waals surface area contributed by atoms with Crippen molar-refractivity contribution in [2.24, 2.45) is 0 Å². The van der Waals surface area contributed by atoms with Crippen molar-refractivity contribution in [3.8, 4) is 0 Å². The number of aromatic nitrogens is 1. The van der Waals surface area contributed by atoms with Gasteiger partial charge in [-0.15, -0.1) is 11.3 Å². The van der Waals surface area contributed by atoms with E-state index in [2.05, 4.69) is 35.8 Å². The van der Waals surface area contributed by atoms with Gasteiger partial charge in [0.15, 0.2) is 5.13 Å². The van der Waals surface area contributed by atoms with Crippen LogP contribution in [0.2, 0.25) is 0 Å². The second-order valence-electron chi connectivity index (χ2n) is 5.81. The first kappa shape index (κ1) is 16.2. The fourth-order valence-corrected chi connectivity index (χ4v) is 2.65. The second-order valence-corrected chi connectivity index (χ2v) is 6.67. The van der Waals surface area contributed by atoms with Crippen LogP contribution in [0.1, 0.15) is 47.2 Å². The van der Waals surface area contributed by atoms with E-state index in [1.165, 1.54) is 18.4 Å². The quantitative estimate of drug-likeness (QED) is 0.880. The smallest absolute Gasteiger partial charge is 0.337 e. The van der Waals surface area contributed by atoms with E-state index in [4.69, 9.17) is 0 Å². The number of nitrogens with zero attached hydrogens (tertiary/aromatic N) is 1. The lowest BCUT2D eigenvalue weighted by Crippen LogP contribution is -2.14. The van der Waals surface area contributed by atoms with Crippen molar-refractivity contribution in [3.63, 3.8) is 0 Å². The lowest BCUT2D eigenvalue weighted by atomic mass is 9.93. The Morgan fingerprint density at radius 2 is 1.73 bits per heavy atom. The van der Waals surface area contributed by atoms with Crippen LogP contribution in [0.3, 0.4) is 0 Å². The molecule has 0 unspecified atom stereocenters. The predicted molar refractivity (Wildman–Crippen MR) is 86.5 cm³/mol. The third-order valence-corrected chi connectivity index (χ3v) is 3.82. The Hall–Kier alpha value is -2.21. The first-order chi connectivity index (χ1) is 10.3.